The second kappa shape index (κ2) is 9.44. The number of amides is 1. The Morgan fingerprint density at radius 2 is 1.89 bits per heavy atom. The van der Waals surface area contributed by atoms with Crippen LogP contribution in [0.15, 0.2) is 29.3 Å². The number of nitrogens with one attached hydrogen (secondary N) is 1. The predicted octanol–water partition coefficient (Wildman–Crippen LogP) is 3.69. The number of halogens is 3. The van der Waals surface area contributed by atoms with E-state index in [2.05, 4.69) is 20.3 Å². The lowest BCUT2D eigenvalue weighted by atomic mass is 9.83. The van der Waals surface area contributed by atoms with Crippen LogP contribution in [0.5, 0.6) is 0 Å². The zero-order valence-corrected chi connectivity index (χ0v) is 20.9. The fraction of sp³-hybridized carbons (Fsp3) is 0.462. The number of hydrogen-bond donors (Lipinski definition) is 2. The molecule has 5 rings (SSSR count). The number of anilines is 1. The van der Waals surface area contributed by atoms with Gasteiger partial charge in [-0.1, -0.05) is 18.2 Å². The maximum absolute atomic E-state index is 14.8. The Morgan fingerprint density at radius 3 is 2.57 bits per heavy atom. The van der Waals surface area contributed by atoms with Crippen molar-refractivity contribution in [3.8, 4) is 11.4 Å². The van der Waals surface area contributed by atoms with Crippen LogP contribution in [0.4, 0.5) is 19.0 Å². The number of aliphatic hydroxyl groups is 1. The second-order valence-electron chi connectivity index (χ2n) is 9.71. The van der Waals surface area contributed by atoms with Gasteiger partial charge in [0.15, 0.2) is 5.49 Å². The highest BCUT2D eigenvalue weighted by molar-refractivity contribution is 5.73. The molecule has 1 unspecified atom stereocenters. The molecule has 4 aliphatic rings. The number of nitrogens with zero attached hydrogens (tertiary/aromatic N) is 5. The number of rotatable bonds is 4. The number of pyridine rings is 1. The van der Waals surface area contributed by atoms with Gasteiger partial charge in [0.25, 0.3) is 6.43 Å². The first-order valence-corrected chi connectivity index (χ1v) is 12.3. The van der Waals surface area contributed by atoms with E-state index in [0.29, 0.717) is 67.3 Å². The minimum atomic E-state index is -2.93. The summed E-state index contributed by atoms with van der Waals surface area (Å²) in [5.74, 6) is 0.840. The standard InChI is InChI=1S/C26H29F3N6O2/c1-14(17-5-4-6-18(21(17)27)22(28)29)31-23-19-13-20(26(37)7-10-34(11-8-26)16(3)36)25-30-9-12-35(25)24(19)33-15(2)32-23/h4-6,13-14,22,30,37H,7-12H2,1-3H3. The van der Waals surface area contributed by atoms with E-state index in [1.165, 1.54) is 19.1 Å². The number of aryl methyl sites for hydroxylation is 1. The van der Waals surface area contributed by atoms with Gasteiger partial charge in [-0.3, -0.25) is 9.79 Å². The van der Waals surface area contributed by atoms with Gasteiger partial charge in [0.05, 0.1) is 22.8 Å². The predicted molar refractivity (Wildman–Crippen MR) is 131 cm³/mol. The Labute approximate surface area is 212 Å². The summed E-state index contributed by atoms with van der Waals surface area (Å²) in [4.78, 5) is 27.3. The number of aromatic nitrogens is 3. The molecule has 11 heteroatoms. The molecule has 2 N–H and O–H groups in total. The van der Waals surface area contributed by atoms with Gasteiger partial charge in [0, 0.05) is 44.2 Å². The Balaban J connectivity index is 1.65. The topological polar surface area (TPSA) is 95.6 Å². The number of likely N-dealkylation sites (tertiary alicyclic amines) is 1. The third-order valence-electron chi connectivity index (χ3n) is 7.31. The van der Waals surface area contributed by atoms with E-state index in [4.69, 9.17) is 0 Å². The summed E-state index contributed by atoms with van der Waals surface area (Å²) in [5, 5.41) is 15.1. The van der Waals surface area contributed by atoms with Gasteiger partial charge in [0.2, 0.25) is 5.91 Å². The summed E-state index contributed by atoms with van der Waals surface area (Å²) < 4.78 is 43.4. The molecule has 0 radical (unpaired) electrons. The molecule has 1 aromatic rings. The lowest BCUT2D eigenvalue weighted by molar-refractivity contribution is -0.133. The molecule has 4 aliphatic heterocycles. The number of carbonyl (C=O) groups is 1. The SMILES string of the molecule is CC(=O)N1CCC(O)(c2cc3c(=NC(C)c4cccc(C(F)F)c4F)nc(C)nc-3n3c2NCC3)CC1. The molecular weight excluding hydrogens is 485 g/mol. The van der Waals surface area contributed by atoms with Crippen molar-refractivity contribution in [1.82, 2.24) is 19.4 Å². The molecule has 4 heterocycles. The molecular formula is C26H29F3N6O2. The normalized spacial score (nSPS) is 18.3. The average molecular weight is 515 g/mol. The second-order valence-corrected chi connectivity index (χ2v) is 9.71. The average Bonchev–Trinajstić information content (AvgIpc) is 3.34. The van der Waals surface area contributed by atoms with Crippen LogP contribution in [0, 0.1) is 12.7 Å². The molecule has 196 valence electrons. The lowest BCUT2D eigenvalue weighted by Crippen LogP contribution is -2.45. The van der Waals surface area contributed by atoms with Crippen LogP contribution >= 0.6 is 0 Å². The summed E-state index contributed by atoms with van der Waals surface area (Å²) in [5.41, 5.74) is -0.252. The minimum Gasteiger partial charge on any atom is -0.385 e. The Morgan fingerprint density at radius 1 is 1.19 bits per heavy atom. The highest BCUT2D eigenvalue weighted by Gasteiger charge is 2.39. The smallest absolute Gasteiger partial charge is 0.266 e. The van der Waals surface area contributed by atoms with E-state index >= 15 is 0 Å². The minimum absolute atomic E-state index is 0.0274. The third-order valence-corrected chi connectivity index (χ3v) is 7.31. The van der Waals surface area contributed by atoms with Gasteiger partial charge < -0.3 is 19.9 Å². The van der Waals surface area contributed by atoms with Crippen LogP contribution in [0.3, 0.4) is 0 Å². The third kappa shape index (κ3) is 4.45. The van der Waals surface area contributed by atoms with Crippen LogP contribution < -0.4 is 10.8 Å². The summed E-state index contributed by atoms with van der Waals surface area (Å²) in [7, 11) is 0. The number of piperidine rings is 1. The zero-order valence-electron chi connectivity index (χ0n) is 20.9. The van der Waals surface area contributed by atoms with Crippen molar-refractivity contribution >= 4 is 11.7 Å². The van der Waals surface area contributed by atoms with Crippen LogP contribution in [-0.4, -0.2) is 50.1 Å². The molecule has 1 saturated heterocycles. The number of fused-ring (bicyclic) bond motifs is 3. The van der Waals surface area contributed by atoms with Gasteiger partial charge >= 0.3 is 0 Å². The van der Waals surface area contributed by atoms with Crippen molar-refractivity contribution in [3.05, 3.63) is 58.1 Å². The van der Waals surface area contributed by atoms with Crippen molar-refractivity contribution in [2.45, 2.75) is 58.2 Å². The fourth-order valence-corrected chi connectivity index (χ4v) is 5.27. The first-order chi connectivity index (χ1) is 17.6. The van der Waals surface area contributed by atoms with Gasteiger partial charge in [-0.25, -0.2) is 23.1 Å². The van der Waals surface area contributed by atoms with Crippen LogP contribution in [0.2, 0.25) is 0 Å². The number of hydrogen-bond acceptors (Lipinski definition) is 6. The molecule has 0 bridgehead atoms. The van der Waals surface area contributed by atoms with Gasteiger partial charge in [-0.2, -0.15) is 0 Å². The maximum atomic E-state index is 14.8. The Kier molecular flexibility index (Phi) is 6.43. The van der Waals surface area contributed by atoms with Crippen molar-refractivity contribution in [1.29, 1.82) is 0 Å². The molecule has 0 aromatic heterocycles. The molecule has 0 spiro atoms. The molecule has 0 saturated carbocycles. The Bertz CT molecular complexity index is 1400. The summed E-state index contributed by atoms with van der Waals surface area (Å²) in [6, 6.07) is 4.93. The summed E-state index contributed by atoms with van der Waals surface area (Å²) in [6.45, 7) is 7.01. The first kappa shape index (κ1) is 25.2. The van der Waals surface area contributed by atoms with Crippen molar-refractivity contribution in [2.24, 2.45) is 4.99 Å². The highest BCUT2D eigenvalue weighted by atomic mass is 19.3. The summed E-state index contributed by atoms with van der Waals surface area (Å²) >= 11 is 0. The van der Waals surface area contributed by atoms with Gasteiger partial charge in [0.1, 0.15) is 23.3 Å². The van der Waals surface area contributed by atoms with E-state index in [0.717, 1.165) is 11.9 Å². The van der Waals surface area contributed by atoms with Crippen molar-refractivity contribution in [3.63, 3.8) is 0 Å². The quantitative estimate of drug-likeness (QED) is 0.554. The number of benzene rings is 1. The molecule has 8 nitrogen and oxygen atoms in total. The van der Waals surface area contributed by atoms with Crippen LogP contribution in [-0.2, 0) is 16.9 Å². The van der Waals surface area contributed by atoms with E-state index in [9.17, 15) is 23.1 Å². The first-order valence-electron chi connectivity index (χ1n) is 12.3. The monoisotopic (exact) mass is 514 g/mol. The Hall–Kier alpha value is -3.47. The fourth-order valence-electron chi connectivity index (χ4n) is 5.27. The van der Waals surface area contributed by atoms with Crippen LogP contribution in [0.25, 0.3) is 11.4 Å². The van der Waals surface area contributed by atoms with Gasteiger partial charge in [-0.15, -0.1) is 0 Å². The molecule has 1 amide bonds. The van der Waals surface area contributed by atoms with Crippen LogP contribution in [0.1, 0.15) is 61.7 Å². The number of carbonyl (C=O) groups excluding carboxylic acids is 1. The van der Waals surface area contributed by atoms with E-state index in [1.54, 1.807) is 18.7 Å². The lowest BCUT2D eigenvalue weighted by Gasteiger charge is -2.39. The molecule has 0 aliphatic carbocycles. The van der Waals surface area contributed by atoms with E-state index in [-0.39, 0.29) is 11.5 Å². The summed E-state index contributed by atoms with van der Waals surface area (Å²) in [6.07, 6.45) is -2.19. The molecule has 1 aromatic carbocycles. The molecule has 1 fully saturated rings. The molecule has 37 heavy (non-hydrogen) atoms. The van der Waals surface area contributed by atoms with Crippen molar-refractivity contribution in [2.75, 3.05) is 25.0 Å². The maximum Gasteiger partial charge on any atom is 0.266 e. The molecule has 1 atom stereocenters. The highest BCUT2D eigenvalue weighted by Crippen LogP contribution is 2.41. The zero-order chi connectivity index (χ0) is 26.5. The van der Waals surface area contributed by atoms with E-state index in [1.807, 2.05) is 10.6 Å². The largest absolute Gasteiger partial charge is 0.385 e. The van der Waals surface area contributed by atoms with Gasteiger partial charge in [-0.05, 0) is 32.8 Å². The van der Waals surface area contributed by atoms with Crippen molar-refractivity contribution < 1.29 is 23.1 Å². The van der Waals surface area contributed by atoms with E-state index < -0.39 is 29.4 Å². The number of alkyl halides is 2.